The van der Waals surface area contributed by atoms with Gasteiger partial charge in [-0.25, -0.2) is 9.18 Å². The zero-order chi connectivity index (χ0) is 14.7. The van der Waals surface area contributed by atoms with Crippen molar-refractivity contribution in [2.24, 2.45) is 5.92 Å². The van der Waals surface area contributed by atoms with E-state index < -0.39 is 11.8 Å². The summed E-state index contributed by atoms with van der Waals surface area (Å²) < 4.78 is 13.4. The Morgan fingerprint density at radius 3 is 2.60 bits per heavy atom. The summed E-state index contributed by atoms with van der Waals surface area (Å²) >= 11 is 0. The van der Waals surface area contributed by atoms with Crippen molar-refractivity contribution in [3.8, 4) is 0 Å². The fourth-order valence-corrected chi connectivity index (χ4v) is 2.94. The first-order valence-electron chi connectivity index (χ1n) is 7.19. The molecule has 3 nitrogen and oxygen atoms in total. The first-order valence-corrected chi connectivity index (χ1v) is 7.19. The molecule has 0 heterocycles. The molecule has 1 saturated carbocycles. The maximum Gasteiger partial charge on any atom is 0.338 e. The molecular formula is C16H22FNO2. The molecule has 1 aliphatic carbocycles. The molecule has 0 amide bonds. The molecule has 20 heavy (non-hydrogen) atoms. The average Bonchev–Trinajstić information content (AvgIpc) is 2.41. The zero-order valence-electron chi connectivity index (χ0n) is 12.1. The lowest BCUT2D eigenvalue weighted by molar-refractivity contribution is 0.0691. The van der Waals surface area contributed by atoms with Crippen LogP contribution in [0.1, 0.15) is 48.5 Å². The van der Waals surface area contributed by atoms with E-state index in [1.807, 2.05) is 0 Å². The van der Waals surface area contributed by atoms with Crippen molar-refractivity contribution in [2.45, 2.75) is 45.2 Å². The van der Waals surface area contributed by atoms with E-state index in [1.165, 1.54) is 37.8 Å². The fourth-order valence-electron chi connectivity index (χ4n) is 2.94. The Morgan fingerprint density at radius 1 is 1.35 bits per heavy atom. The maximum atomic E-state index is 13.4. The lowest BCUT2D eigenvalue weighted by Gasteiger charge is -2.33. The van der Waals surface area contributed by atoms with Crippen LogP contribution in [-0.4, -0.2) is 29.1 Å². The van der Waals surface area contributed by atoms with Gasteiger partial charge >= 0.3 is 5.97 Å². The number of carbonyl (C=O) groups is 1. The molecule has 1 N–H and O–H groups in total. The van der Waals surface area contributed by atoms with Crippen LogP contribution in [-0.2, 0) is 6.54 Å². The molecule has 0 aliphatic heterocycles. The summed E-state index contributed by atoms with van der Waals surface area (Å²) in [5.74, 6) is -1.07. The second-order valence-electron chi connectivity index (χ2n) is 5.95. The number of benzene rings is 1. The van der Waals surface area contributed by atoms with E-state index in [2.05, 4.69) is 18.9 Å². The predicted octanol–water partition coefficient (Wildman–Crippen LogP) is 3.53. The summed E-state index contributed by atoms with van der Waals surface area (Å²) in [5, 5.41) is 8.95. The van der Waals surface area contributed by atoms with E-state index in [1.54, 1.807) is 6.07 Å². The minimum absolute atomic E-state index is 0.242. The van der Waals surface area contributed by atoms with E-state index in [9.17, 15) is 9.18 Å². The van der Waals surface area contributed by atoms with Crippen molar-refractivity contribution in [2.75, 3.05) is 7.05 Å². The number of rotatable bonds is 4. The summed E-state index contributed by atoms with van der Waals surface area (Å²) in [6.45, 7) is 2.95. The number of hydrogen-bond acceptors (Lipinski definition) is 2. The molecule has 1 aliphatic rings. The molecule has 4 heteroatoms. The first kappa shape index (κ1) is 15.0. The SMILES string of the molecule is CC1CCC(N(C)Cc2ccc(F)c(C(=O)O)c2)CC1. The van der Waals surface area contributed by atoms with Crippen LogP contribution >= 0.6 is 0 Å². The van der Waals surface area contributed by atoms with Crippen molar-refractivity contribution in [3.63, 3.8) is 0 Å². The van der Waals surface area contributed by atoms with Crippen molar-refractivity contribution in [1.29, 1.82) is 0 Å². The van der Waals surface area contributed by atoms with Gasteiger partial charge in [0.1, 0.15) is 5.82 Å². The summed E-state index contributed by atoms with van der Waals surface area (Å²) in [6, 6.07) is 4.91. The minimum atomic E-state index is -1.21. The summed E-state index contributed by atoms with van der Waals surface area (Å²) in [4.78, 5) is 13.2. The van der Waals surface area contributed by atoms with E-state index in [-0.39, 0.29) is 5.56 Å². The van der Waals surface area contributed by atoms with E-state index in [0.717, 1.165) is 11.5 Å². The molecule has 1 fully saturated rings. The second kappa shape index (κ2) is 6.35. The summed E-state index contributed by atoms with van der Waals surface area (Å²) in [5.41, 5.74) is 0.609. The van der Waals surface area contributed by atoms with Gasteiger partial charge in [0.05, 0.1) is 5.56 Å². The summed E-state index contributed by atoms with van der Waals surface area (Å²) in [7, 11) is 2.06. The van der Waals surface area contributed by atoms with Gasteiger partial charge in [0.2, 0.25) is 0 Å². The molecular weight excluding hydrogens is 257 g/mol. The van der Waals surface area contributed by atoms with Gasteiger partial charge in [-0.1, -0.05) is 13.0 Å². The normalized spacial score (nSPS) is 23.0. The van der Waals surface area contributed by atoms with Crippen LogP contribution in [0.3, 0.4) is 0 Å². The Labute approximate surface area is 119 Å². The molecule has 0 unspecified atom stereocenters. The highest BCUT2D eigenvalue weighted by Crippen LogP contribution is 2.27. The smallest absolute Gasteiger partial charge is 0.338 e. The molecule has 2 rings (SSSR count). The van der Waals surface area contributed by atoms with Gasteiger partial charge in [-0.2, -0.15) is 0 Å². The lowest BCUT2D eigenvalue weighted by Crippen LogP contribution is -2.34. The van der Waals surface area contributed by atoms with Crippen LogP contribution in [0.5, 0.6) is 0 Å². The number of carboxylic acid groups (broad SMARTS) is 1. The van der Waals surface area contributed by atoms with Crippen LogP contribution < -0.4 is 0 Å². The molecule has 0 radical (unpaired) electrons. The first-order chi connectivity index (χ1) is 9.47. The molecule has 0 aromatic heterocycles. The third kappa shape index (κ3) is 3.57. The largest absolute Gasteiger partial charge is 0.478 e. The predicted molar refractivity (Wildman–Crippen MR) is 76.2 cm³/mol. The molecule has 0 atom stereocenters. The van der Waals surface area contributed by atoms with Crippen molar-refractivity contribution in [1.82, 2.24) is 4.90 Å². The van der Waals surface area contributed by atoms with Gasteiger partial charge in [0.15, 0.2) is 0 Å². The Hall–Kier alpha value is -1.42. The monoisotopic (exact) mass is 279 g/mol. The highest BCUT2D eigenvalue weighted by Gasteiger charge is 2.22. The van der Waals surface area contributed by atoms with Gasteiger partial charge < -0.3 is 5.11 Å². The Kier molecular flexibility index (Phi) is 4.76. The number of aromatic carboxylic acids is 1. The Morgan fingerprint density at radius 2 is 2.00 bits per heavy atom. The van der Waals surface area contributed by atoms with Gasteiger partial charge in [-0.3, -0.25) is 4.90 Å². The van der Waals surface area contributed by atoms with Crippen LogP contribution in [0.15, 0.2) is 18.2 Å². The van der Waals surface area contributed by atoms with E-state index in [4.69, 9.17) is 5.11 Å². The van der Waals surface area contributed by atoms with Crippen LogP contribution in [0.2, 0.25) is 0 Å². The molecule has 0 spiro atoms. The zero-order valence-corrected chi connectivity index (χ0v) is 12.1. The van der Waals surface area contributed by atoms with Crippen molar-refractivity contribution >= 4 is 5.97 Å². The minimum Gasteiger partial charge on any atom is -0.478 e. The summed E-state index contributed by atoms with van der Waals surface area (Å²) in [6.07, 6.45) is 4.87. The highest BCUT2D eigenvalue weighted by molar-refractivity contribution is 5.88. The number of halogens is 1. The number of hydrogen-bond donors (Lipinski definition) is 1. The molecule has 0 bridgehead atoms. The molecule has 1 aromatic carbocycles. The Balaban J connectivity index is 2.02. The van der Waals surface area contributed by atoms with E-state index >= 15 is 0 Å². The van der Waals surface area contributed by atoms with E-state index in [0.29, 0.717) is 12.6 Å². The van der Waals surface area contributed by atoms with Gasteiger partial charge in [0, 0.05) is 12.6 Å². The van der Waals surface area contributed by atoms with Gasteiger partial charge in [-0.15, -0.1) is 0 Å². The molecule has 0 saturated heterocycles. The van der Waals surface area contributed by atoms with Crippen molar-refractivity contribution in [3.05, 3.63) is 35.1 Å². The second-order valence-corrected chi connectivity index (χ2v) is 5.95. The highest BCUT2D eigenvalue weighted by atomic mass is 19.1. The topological polar surface area (TPSA) is 40.5 Å². The number of nitrogens with zero attached hydrogens (tertiary/aromatic N) is 1. The standard InChI is InChI=1S/C16H22FNO2/c1-11-3-6-13(7-4-11)18(2)10-12-5-8-15(17)14(9-12)16(19)20/h5,8-9,11,13H,3-4,6-7,10H2,1-2H3,(H,19,20). The number of carboxylic acids is 1. The van der Waals surface area contributed by atoms with Gasteiger partial charge in [0.25, 0.3) is 0 Å². The third-order valence-electron chi connectivity index (χ3n) is 4.30. The Bertz CT molecular complexity index is 481. The van der Waals surface area contributed by atoms with Crippen LogP contribution in [0, 0.1) is 11.7 Å². The molecule has 1 aromatic rings. The third-order valence-corrected chi connectivity index (χ3v) is 4.30. The average molecular weight is 279 g/mol. The quantitative estimate of drug-likeness (QED) is 0.916. The van der Waals surface area contributed by atoms with Gasteiger partial charge in [-0.05, 0) is 56.3 Å². The fraction of sp³-hybridized carbons (Fsp3) is 0.562. The lowest BCUT2D eigenvalue weighted by atomic mass is 9.86. The van der Waals surface area contributed by atoms with Crippen molar-refractivity contribution < 1.29 is 14.3 Å². The molecule has 110 valence electrons. The maximum absolute atomic E-state index is 13.4. The van der Waals surface area contributed by atoms with Crippen LogP contribution in [0.25, 0.3) is 0 Å². The van der Waals surface area contributed by atoms with Crippen LogP contribution in [0.4, 0.5) is 4.39 Å².